The molecule has 6 heteroatoms. The summed E-state index contributed by atoms with van der Waals surface area (Å²) >= 11 is 0. The SMILES string of the molecule is CN([O-])c1ccc(-c2ccc(N(C)[O-])cc2P)c(P)c1. The molecule has 2 atom stereocenters. The lowest BCUT2D eigenvalue weighted by Gasteiger charge is -2.27. The van der Waals surface area contributed by atoms with E-state index in [4.69, 9.17) is 0 Å². The number of nitrogens with zero attached hydrogens (tertiary/aromatic N) is 2. The fraction of sp³-hybridized carbons (Fsp3) is 0.143. The third-order valence-electron chi connectivity index (χ3n) is 3.09. The first-order valence-electron chi connectivity index (χ1n) is 6.01. The Balaban J connectivity index is 2.46. The summed E-state index contributed by atoms with van der Waals surface area (Å²) in [6.45, 7) is 0. The van der Waals surface area contributed by atoms with Gasteiger partial charge in [-0.25, -0.2) is 0 Å². The summed E-state index contributed by atoms with van der Waals surface area (Å²) < 4.78 is 0. The molecular weight excluding hydrogens is 290 g/mol. The molecule has 0 fully saturated rings. The van der Waals surface area contributed by atoms with Crippen LogP contribution in [0.3, 0.4) is 0 Å². The molecule has 4 nitrogen and oxygen atoms in total. The van der Waals surface area contributed by atoms with Crippen LogP contribution in [0.15, 0.2) is 36.4 Å². The van der Waals surface area contributed by atoms with Gasteiger partial charge in [0.05, 0.1) is 0 Å². The Morgan fingerprint density at radius 1 is 0.750 bits per heavy atom. The van der Waals surface area contributed by atoms with Crippen molar-refractivity contribution < 1.29 is 0 Å². The first-order valence-corrected chi connectivity index (χ1v) is 7.16. The number of hydrogen-bond acceptors (Lipinski definition) is 4. The van der Waals surface area contributed by atoms with Crippen LogP contribution in [0.2, 0.25) is 0 Å². The Morgan fingerprint density at radius 3 is 1.35 bits per heavy atom. The summed E-state index contributed by atoms with van der Waals surface area (Å²) in [5.74, 6) is 0. The van der Waals surface area contributed by atoms with Gasteiger partial charge in [-0.2, -0.15) is 0 Å². The first-order chi connectivity index (χ1) is 9.40. The zero-order valence-corrected chi connectivity index (χ0v) is 13.6. The van der Waals surface area contributed by atoms with Gasteiger partial charge in [-0.3, -0.25) is 0 Å². The van der Waals surface area contributed by atoms with Crippen LogP contribution in [0.5, 0.6) is 0 Å². The van der Waals surface area contributed by atoms with Crippen molar-refractivity contribution in [3.05, 3.63) is 46.8 Å². The molecule has 0 aliphatic carbocycles. The van der Waals surface area contributed by atoms with Crippen molar-refractivity contribution in [2.75, 3.05) is 24.2 Å². The van der Waals surface area contributed by atoms with Gasteiger partial charge in [0.2, 0.25) is 0 Å². The molecule has 0 aromatic heterocycles. The summed E-state index contributed by atoms with van der Waals surface area (Å²) in [4.78, 5) is 0. The maximum absolute atomic E-state index is 11.3. The second kappa shape index (κ2) is 6.07. The Hall–Kier alpha value is -1.18. The zero-order chi connectivity index (χ0) is 14.9. The van der Waals surface area contributed by atoms with Gasteiger partial charge >= 0.3 is 0 Å². The minimum Gasteiger partial charge on any atom is -0.758 e. The Kier molecular flexibility index (Phi) is 4.62. The third-order valence-corrected chi connectivity index (χ3v) is 4.04. The van der Waals surface area contributed by atoms with E-state index in [2.05, 4.69) is 18.5 Å². The summed E-state index contributed by atoms with van der Waals surface area (Å²) in [7, 11) is 8.23. The minimum atomic E-state index is 0.611. The lowest BCUT2D eigenvalue weighted by Crippen LogP contribution is -2.12. The summed E-state index contributed by atoms with van der Waals surface area (Å²) in [5.41, 5.74) is 3.26. The van der Waals surface area contributed by atoms with E-state index in [0.29, 0.717) is 11.4 Å². The normalized spacial score (nSPS) is 10.5. The predicted octanol–water partition coefficient (Wildman–Crippen LogP) is 2.22. The number of anilines is 2. The maximum Gasteiger partial charge on any atom is 0.0263 e. The van der Waals surface area contributed by atoms with E-state index in [1.807, 2.05) is 24.3 Å². The number of benzene rings is 2. The average molecular weight is 306 g/mol. The molecular formula is C14H16N2O2P2-2. The molecule has 0 saturated heterocycles. The van der Waals surface area contributed by atoms with Crippen LogP contribution >= 0.6 is 18.5 Å². The average Bonchev–Trinajstić information content (AvgIpc) is 2.38. The van der Waals surface area contributed by atoms with Crippen LogP contribution in [-0.4, -0.2) is 14.1 Å². The van der Waals surface area contributed by atoms with E-state index in [-0.39, 0.29) is 0 Å². The van der Waals surface area contributed by atoms with Crippen LogP contribution in [0.4, 0.5) is 11.4 Å². The Morgan fingerprint density at radius 2 is 1.10 bits per heavy atom. The number of hydrogen-bond donors (Lipinski definition) is 0. The van der Waals surface area contributed by atoms with E-state index < -0.39 is 0 Å². The number of rotatable bonds is 3. The highest BCUT2D eigenvalue weighted by Crippen LogP contribution is 2.25. The van der Waals surface area contributed by atoms with Gasteiger partial charge in [-0.05, 0) is 60.1 Å². The van der Waals surface area contributed by atoms with Crippen LogP contribution in [0.1, 0.15) is 0 Å². The van der Waals surface area contributed by atoms with Crippen molar-refractivity contribution in [3.8, 4) is 11.1 Å². The highest BCUT2D eigenvalue weighted by Gasteiger charge is 2.07. The lowest BCUT2D eigenvalue weighted by molar-refractivity contribution is 1.22. The van der Waals surface area contributed by atoms with E-state index in [9.17, 15) is 10.4 Å². The molecule has 0 amide bonds. The molecule has 0 N–H and O–H groups in total. The third kappa shape index (κ3) is 3.11. The molecule has 0 heterocycles. The zero-order valence-electron chi connectivity index (χ0n) is 11.3. The quantitative estimate of drug-likeness (QED) is 0.644. The van der Waals surface area contributed by atoms with Crippen molar-refractivity contribution in [1.82, 2.24) is 0 Å². The van der Waals surface area contributed by atoms with Gasteiger partial charge in [-0.15, -0.1) is 18.5 Å². The van der Waals surface area contributed by atoms with Gasteiger partial charge in [0.15, 0.2) is 0 Å². The van der Waals surface area contributed by atoms with Crippen LogP contribution in [0.25, 0.3) is 11.1 Å². The second-order valence-corrected chi connectivity index (χ2v) is 5.78. The van der Waals surface area contributed by atoms with Gasteiger partial charge in [0.25, 0.3) is 0 Å². The second-order valence-electron chi connectivity index (χ2n) is 4.54. The summed E-state index contributed by atoms with van der Waals surface area (Å²) in [6.07, 6.45) is 0. The molecule has 2 rings (SSSR count). The summed E-state index contributed by atoms with van der Waals surface area (Å²) in [5, 5.41) is 26.1. The van der Waals surface area contributed by atoms with E-state index in [0.717, 1.165) is 31.9 Å². The Labute approximate surface area is 123 Å². The molecule has 0 spiro atoms. The lowest BCUT2D eigenvalue weighted by atomic mass is 10.0. The summed E-state index contributed by atoms with van der Waals surface area (Å²) in [6, 6.07) is 11.0. The molecule has 0 radical (unpaired) electrons. The van der Waals surface area contributed by atoms with Crippen LogP contribution in [-0.2, 0) is 0 Å². The molecule has 0 bridgehead atoms. The topological polar surface area (TPSA) is 52.6 Å². The highest BCUT2D eigenvalue weighted by atomic mass is 31.0. The standard InChI is InChI=1S/C14H16N2O2P2/c1-15(17)9-3-5-11(13(19)7-9)12-6-4-10(16(2)18)8-14(12)20/h3-8H,19-20H2,1-2H3/q-2. The molecule has 2 aromatic carbocycles. The maximum atomic E-state index is 11.3. The Bertz CT molecular complexity index is 575. The van der Waals surface area contributed by atoms with Gasteiger partial charge in [-0.1, -0.05) is 12.1 Å². The van der Waals surface area contributed by atoms with Crippen molar-refractivity contribution in [1.29, 1.82) is 0 Å². The van der Waals surface area contributed by atoms with Crippen molar-refractivity contribution in [3.63, 3.8) is 0 Å². The van der Waals surface area contributed by atoms with Gasteiger partial charge in [0, 0.05) is 11.4 Å². The molecule has 2 aromatic rings. The fourth-order valence-corrected chi connectivity index (χ4v) is 2.83. The van der Waals surface area contributed by atoms with Crippen molar-refractivity contribution >= 4 is 40.5 Å². The van der Waals surface area contributed by atoms with E-state index in [1.54, 1.807) is 12.1 Å². The molecule has 20 heavy (non-hydrogen) atoms. The monoisotopic (exact) mass is 306 g/mol. The number of hydroxylamine groups is 2. The predicted molar refractivity (Wildman–Crippen MR) is 94.1 cm³/mol. The smallest absolute Gasteiger partial charge is 0.0263 e. The van der Waals surface area contributed by atoms with E-state index >= 15 is 0 Å². The molecule has 0 aliphatic heterocycles. The van der Waals surface area contributed by atoms with E-state index in [1.165, 1.54) is 14.1 Å². The first kappa shape index (κ1) is 15.2. The van der Waals surface area contributed by atoms with Crippen LogP contribution in [0, 0.1) is 10.4 Å². The highest BCUT2D eigenvalue weighted by molar-refractivity contribution is 7.29. The molecule has 106 valence electrons. The molecule has 2 unspecified atom stereocenters. The van der Waals surface area contributed by atoms with Crippen molar-refractivity contribution in [2.45, 2.75) is 0 Å². The van der Waals surface area contributed by atoms with Crippen LogP contribution < -0.4 is 20.7 Å². The van der Waals surface area contributed by atoms with Gasteiger partial charge in [0.1, 0.15) is 0 Å². The fourth-order valence-electron chi connectivity index (χ4n) is 1.98. The largest absolute Gasteiger partial charge is 0.758 e. The molecule has 0 saturated carbocycles. The van der Waals surface area contributed by atoms with Crippen molar-refractivity contribution in [2.24, 2.45) is 0 Å². The minimum absolute atomic E-state index is 0.611. The molecule has 0 aliphatic rings. The van der Waals surface area contributed by atoms with Gasteiger partial charge < -0.3 is 20.5 Å².